The molecule has 0 aromatic heterocycles. The van der Waals surface area contributed by atoms with Crippen molar-refractivity contribution in [1.29, 1.82) is 0 Å². The van der Waals surface area contributed by atoms with Crippen molar-refractivity contribution in [3.8, 4) is 0 Å². The molecule has 3 heteroatoms. The molecule has 0 amide bonds. The average Bonchev–Trinajstić information content (AvgIpc) is 2.42. The van der Waals surface area contributed by atoms with Gasteiger partial charge in [-0.05, 0) is 38.6 Å². The van der Waals surface area contributed by atoms with Crippen LogP contribution in [0.4, 0.5) is 0 Å². The molecule has 2 rings (SSSR count). The zero-order valence-corrected chi connectivity index (χ0v) is 7.96. The van der Waals surface area contributed by atoms with Crippen LogP contribution in [0.3, 0.4) is 0 Å². The second kappa shape index (κ2) is 3.29. The van der Waals surface area contributed by atoms with E-state index in [1.54, 1.807) is 0 Å². The Kier molecular flexibility index (Phi) is 2.28. The molecular weight excluding hydrogens is 166 g/mol. The Morgan fingerprint density at radius 2 is 2.00 bits per heavy atom. The van der Waals surface area contributed by atoms with Gasteiger partial charge in [0, 0.05) is 12.1 Å². The highest BCUT2D eigenvalue weighted by Gasteiger charge is 2.44. The molecule has 0 radical (unpaired) electrons. The molecule has 3 nitrogen and oxygen atoms in total. The number of carboxylic acid groups (broad SMARTS) is 1. The quantitative estimate of drug-likeness (QED) is 0.720. The van der Waals surface area contributed by atoms with Crippen LogP contribution in [0, 0.1) is 0 Å². The average molecular weight is 183 g/mol. The van der Waals surface area contributed by atoms with E-state index < -0.39 is 5.97 Å². The molecule has 0 atom stereocenters. The minimum atomic E-state index is -0.665. The molecule has 74 valence electrons. The summed E-state index contributed by atoms with van der Waals surface area (Å²) in [5.74, 6) is -0.665. The van der Waals surface area contributed by atoms with E-state index >= 15 is 0 Å². The van der Waals surface area contributed by atoms with Gasteiger partial charge in [-0.2, -0.15) is 0 Å². The van der Waals surface area contributed by atoms with Crippen LogP contribution in [0.1, 0.15) is 38.5 Å². The van der Waals surface area contributed by atoms with Gasteiger partial charge in [0.05, 0.1) is 6.42 Å². The number of carboxylic acids is 1. The van der Waals surface area contributed by atoms with Crippen LogP contribution >= 0.6 is 0 Å². The minimum Gasteiger partial charge on any atom is -0.481 e. The summed E-state index contributed by atoms with van der Waals surface area (Å²) >= 11 is 0. The predicted molar refractivity (Wildman–Crippen MR) is 49.6 cm³/mol. The minimum absolute atomic E-state index is 0.307. The summed E-state index contributed by atoms with van der Waals surface area (Å²) in [4.78, 5) is 12.9. The Morgan fingerprint density at radius 3 is 2.54 bits per heavy atom. The number of likely N-dealkylation sites (tertiary alicyclic amines) is 1. The van der Waals surface area contributed by atoms with Gasteiger partial charge in [0.1, 0.15) is 0 Å². The van der Waals surface area contributed by atoms with E-state index in [0.717, 1.165) is 13.1 Å². The van der Waals surface area contributed by atoms with Crippen molar-refractivity contribution in [1.82, 2.24) is 4.90 Å². The van der Waals surface area contributed by atoms with Gasteiger partial charge in [-0.3, -0.25) is 9.69 Å². The summed E-state index contributed by atoms with van der Waals surface area (Å²) in [6.45, 7) is 1.88. The first-order valence-electron chi connectivity index (χ1n) is 5.20. The van der Waals surface area contributed by atoms with Crippen LogP contribution < -0.4 is 0 Å². The van der Waals surface area contributed by atoms with Gasteiger partial charge in [0.2, 0.25) is 0 Å². The number of hydrogen-bond acceptors (Lipinski definition) is 2. The van der Waals surface area contributed by atoms with Crippen LogP contribution in [-0.4, -0.2) is 34.6 Å². The van der Waals surface area contributed by atoms with E-state index in [-0.39, 0.29) is 0 Å². The van der Waals surface area contributed by atoms with Crippen LogP contribution in [0.2, 0.25) is 0 Å². The molecule has 13 heavy (non-hydrogen) atoms. The Hall–Kier alpha value is -0.570. The van der Waals surface area contributed by atoms with Crippen molar-refractivity contribution in [3.05, 3.63) is 0 Å². The number of aliphatic carboxylic acids is 1. The summed E-state index contributed by atoms with van der Waals surface area (Å²) in [5.41, 5.74) is 0.440. The maximum absolute atomic E-state index is 10.4. The summed E-state index contributed by atoms with van der Waals surface area (Å²) in [7, 11) is 0. The third-order valence-electron chi connectivity index (χ3n) is 3.62. The van der Waals surface area contributed by atoms with E-state index in [0.29, 0.717) is 12.0 Å². The van der Waals surface area contributed by atoms with Crippen LogP contribution in [-0.2, 0) is 4.79 Å². The maximum atomic E-state index is 10.4. The van der Waals surface area contributed by atoms with Gasteiger partial charge < -0.3 is 5.11 Å². The predicted octanol–water partition coefficient (Wildman–Crippen LogP) is 1.48. The first kappa shape index (κ1) is 9.00. The Bertz CT molecular complexity index is 211. The Balaban J connectivity index is 1.87. The molecule has 1 saturated heterocycles. The molecule has 1 saturated carbocycles. The molecule has 0 bridgehead atoms. The highest BCUT2D eigenvalue weighted by Crippen LogP contribution is 2.45. The van der Waals surface area contributed by atoms with Crippen LogP contribution in [0.15, 0.2) is 0 Å². The van der Waals surface area contributed by atoms with Crippen molar-refractivity contribution in [3.63, 3.8) is 0 Å². The van der Waals surface area contributed by atoms with Gasteiger partial charge in [-0.25, -0.2) is 0 Å². The summed E-state index contributed by atoms with van der Waals surface area (Å²) in [6.07, 6.45) is 6.80. The molecule has 2 aliphatic rings. The van der Waals surface area contributed by atoms with Crippen LogP contribution in [0.25, 0.3) is 0 Å². The molecule has 2 fully saturated rings. The number of carbonyl (C=O) groups is 1. The Labute approximate surface area is 78.7 Å². The van der Waals surface area contributed by atoms with Crippen molar-refractivity contribution in [2.45, 2.75) is 44.1 Å². The summed E-state index contributed by atoms with van der Waals surface area (Å²) in [5, 5.41) is 8.61. The van der Waals surface area contributed by atoms with E-state index in [9.17, 15) is 4.79 Å². The van der Waals surface area contributed by atoms with Gasteiger partial charge in [-0.15, -0.1) is 0 Å². The lowest BCUT2D eigenvalue weighted by Crippen LogP contribution is -2.49. The number of rotatable bonds is 3. The fraction of sp³-hybridized carbons (Fsp3) is 0.900. The smallest absolute Gasteiger partial charge is 0.304 e. The van der Waals surface area contributed by atoms with Gasteiger partial charge >= 0.3 is 5.97 Å². The normalized spacial score (nSPS) is 26.2. The monoisotopic (exact) mass is 183 g/mol. The third kappa shape index (κ3) is 1.57. The molecule has 0 aromatic carbocycles. The van der Waals surface area contributed by atoms with Gasteiger partial charge in [0.15, 0.2) is 0 Å². The molecule has 1 heterocycles. The fourth-order valence-electron chi connectivity index (χ4n) is 2.72. The maximum Gasteiger partial charge on any atom is 0.304 e. The highest BCUT2D eigenvalue weighted by molar-refractivity contribution is 5.66. The number of nitrogens with zero attached hydrogens (tertiary/aromatic N) is 1. The standard InChI is InChI=1S/C10H17NO2/c12-9(13)3-8-11-7-2-6-10(11)4-1-5-10/h1-8H2,(H,12,13). The topological polar surface area (TPSA) is 40.5 Å². The second-order valence-corrected chi connectivity index (χ2v) is 4.31. The van der Waals surface area contributed by atoms with Gasteiger partial charge in [-0.1, -0.05) is 0 Å². The van der Waals surface area contributed by atoms with E-state index in [4.69, 9.17) is 5.11 Å². The second-order valence-electron chi connectivity index (χ2n) is 4.31. The largest absolute Gasteiger partial charge is 0.481 e. The Morgan fingerprint density at radius 1 is 1.31 bits per heavy atom. The summed E-state index contributed by atoms with van der Waals surface area (Å²) in [6, 6.07) is 0. The third-order valence-corrected chi connectivity index (χ3v) is 3.62. The van der Waals surface area contributed by atoms with Crippen molar-refractivity contribution < 1.29 is 9.90 Å². The van der Waals surface area contributed by atoms with Crippen molar-refractivity contribution >= 4 is 5.97 Å². The van der Waals surface area contributed by atoms with Gasteiger partial charge in [0.25, 0.3) is 0 Å². The lowest BCUT2D eigenvalue weighted by molar-refractivity contribution is -0.137. The molecular formula is C10H17NO2. The molecule has 1 spiro atoms. The van der Waals surface area contributed by atoms with E-state index in [2.05, 4.69) is 4.90 Å². The SMILES string of the molecule is O=C(O)CCN1CCCC12CCC2. The zero-order valence-electron chi connectivity index (χ0n) is 7.96. The van der Waals surface area contributed by atoms with Crippen molar-refractivity contribution in [2.75, 3.05) is 13.1 Å². The number of hydrogen-bond donors (Lipinski definition) is 1. The lowest BCUT2D eigenvalue weighted by atomic mass is 9.75. The molecule has 0 unspecified atom stereocenters. The lowest BCUT2D eigenvalue weighted by Gasteiger charge is -2.46. The molecule has 1 N–H and O–H groups in total. The summed E-state index contributed by atoms with van der Waals surface area (Å²) < 4.78 is 0. The first-order valence-corrected chi connectivity index (χ1v) is 5.20. The van der Waals surface area contributed by atoms with Crippen molar-refractivity contribution in [2.24, 2.45) is 0 Å². The molecule has 1 aliphatic heterocycles. The molecule has 0 aromatic rings. The van der Waals surface area contributed by atoms with E-state index in [1.807, 2.05) is 0 Å². The zero-order chi connectivity index (χ0) is 9.31. The highest BCUT2D eigenvalue weighted by atomic mass is 16.4. The first-order chi connectivity index (χ1) is 6.23. The molecule has 1 aliphatic carbocycles. The van der Waals surface area contributed by atoms with Crippen LogP contribution in [0.5, 0.6) is 0 Å². The van der Waals surface area contributed by atoms with E-state index in [1.165, 1.54) is 32.1 Å². The fourth-order valence-corrected chi connectivity index (χ4v) is 2.72.